The van der Waals surface area contributed by atoms with E-state index in [9.17, 15) is 4.79 Å². The van der Waals surface area contributed by atoms with Gasteiger partial charge in [0, 0.05) is 6.42 Å². The Labute approximate surface area is 103 Å². The Morgan fingerprint density at radius 3 is 2.53 bits per heavy atom. The molecular formula is C14H21NO2. The number of rotatable bonds is 7. The average Bonchev–Trinajstić information content (AvgIpc) is 2.28. The van der Waals surface area contributed by atoms with Crippen molar-refractivity contribution >= 4 is 5.97 Å². The van der Waals surface area contributed by atoms with Crippen LogP contribution in [0.1, 0.15) is 25.3 Å². The highest BCUT2D eigenvalue weighted by atomic mass is 16.4. The number of nitrogens with two attached hydrogens (primary N) is 1. The predicted octanol–water partition coefficient (Wildman–Crippen LogP) is 2.30. The number of carboxylic acids is 1. The van der Waals surface area contributed by atoms with Crippen molar-refractivity contribution in [2.24, 2.45) is 17.6 Å². The van der Waals surface area contributed by atoms with Crippen molar-refractivity contribution in [3.63, 3.8) is 0 Å². The Bertz CT molecular complexity index is 337. The fourth-order valence-electron chi connectivity index (χ4n) is 2.18. The highest BCUT2D eigenvalue weighted by Gasteiger charge is 2.15. The van der Waals surface area contributed by atoms with Gasteiger partial charge in [-0.3, -0.25) is 4.79 Å². The Morgan fingerprint density at radius 1 is 1.35 bits per heavy atom. The molecule has 2 atom stereocenters. The molecule has 0 amide bonds. The van der Waals surface area contributed by atoms with E-state index in [1.807, 2.05) is 18.2 Å². The van der Waals surface area contributed by atoms with E-state index in [1.165, 1.54) is 5.56 Å². The second kappa shape index (κ2) is 7.07. The summed E-state index contributed by atoms with van der Waals surface area (Å²) in [7, 11) is 0. The topological polar surface area (TPSA) is 63.3 Å². The van der Waals surface area contributed by atoms with Gasteiger partial charge in [0.1, 0.15) is 0 Å². The molecule has 0 spiro atoms. The summed E-state index contributed by atoms with van der Waals surface area (Å²) < 4.78 is 0. The first-order chi connectivity index (χ1) is 8.11. The van der Waals surface area contributed by atoms with E-state index in [2.05, 4.69) is 19.1 Å². The van der Waals surface area contributed by atoms with Gasteiger partial charge in [0.15, 0.2) is 0 Å². The zero-order valence-corrected chi connectivity index (χ0v) is 10.3. The van der Waals surface area contributed by atoms with Gasteiger partial charge in [-0.2, -0.15) is 0 Å². The molecule has 0 saturated heterocycles. The fourth-order valence-corrected chi connectivity index (χ4v) is 2.18. The minimum atomic E-state index is -0.757. The molecule has 3 heteroatoms. The first kappa shape index (κ1) is 13.7. The van der Waals surface area contributed by atoms with E-state index in [1.54, 1.807) is 0 Å². The van der Waals surface area contributed by atoms with E-state index in [0.29, 0.717) is 12.5 Å². The third-order valence-corrected chi connectivity index (χ3v) is 2.96. The van der Waals surface area contributed by atoms with Crippen LogP contribution < -0.4 is 5.73 Å². The highest BCUT2D eigenvalue weighted by Crippen LogP contribution is 2.18. The minimum absolute atomic E-state index is 0.0891. The second-order valence-corrected chi connectivity index (χ2v) is 4.73. The van der Waals surface area contributed by atoms with Gasteiger partial charge in [-0.05, 0) is 36.8 Å². The largest absolute Gasteiger partial charge is 0.481 e. The van der Waals surface area contributed by atoms with E-state index in [0.717, 1.165) is 12.8 Å². The maximum Gasteiger partial charge on any atom is 0.303 e. The van der Waals surface area contributed by atoms with Gasteiger partial charge in [0.25, 0.3) is 0 Å². The van der Waals surface area contributed by atoms with Gasteiger partial charge in [-0.15, -0.1) is 0 Å². The van der Waals surface area contributed by atoms with Crippen LogP contribution in [-0.2, 0) is 11.2 Å². The third-order valence-electron chi connectivity index (χ3n) is 2.96. The summed E-state index contributed by atoms with van der Waals surface area (Å²) in [6, 6.07) is 10.3. The minimum Gasteiger partial charge on any atom is -0.481 e. The van der Waals surface area contributed by atoms with E-state index in [4.69, 9.17) is 10.8 Å². The summed E-state index contributed by atoms with van der Waals surface area (Å²) in [4.78, 5) is 10.7. The molecule has 0 aliphatic heterocycles. The lowest BCUT2D eigenvalue weighted by atomic mass is 9.89. The van der Waals surface area contributed by atoms with Gasteiger partial charge < -0.3 is 10.8 Å². The Hall–Kier alpha value is -1.35. The Morgan fingerprint density at radius 2 is 2.00 bits per heavy atom. The van der Waals surface area contributed by atoms with Crippen molar-refractivity contribution in [3.05, 3.63) is 35.9 Å². The molecule has 0 saturated carbocycles. The van der Waals surface area contributed by atoms with E-state index in [-0.39, 0.29) is 12.3 Å². The number of carbonyl (C=O) groups is 1. The van der Waals surface area contributed by atoms with E-state index >= 15 is 0 Å². The standard InChI is InChI=1S/C14H21NO2/c1-11(7-12-5-3-2-4-6-12)8-13(10-15)9-14(16)17/h2-6,11,13H,7-10,15H2,1H3,(H,16,17)/t11?,13-/m0/s1. The first-order valence-corrected chi connectivity index (χ1v) is 6.07. The molecule has 0 aliphatic carbocycles. The SMILES string of the molecule is CC(Cc1ccccc1)C[C@H](CN)CC(=O)O. The summed E-state index contributed by atoms with van der Waals surface area (Å²) in [5.41, 5.74) is 6.90. The number of hydrogen-bond acceptors (Lipinski definition) is 2. The number of benzene rings is 1. The van der Waals surface area contributed by atoms with Crippen molar-refractivity contribution in [1.82, 2.24) is 0 Å². The monoisotopic (exact) mass is 235 g/mol. The molecule has 1 aromatic carbocycles. The van der Waals surface area contributed by atoms with Crippen LogP contribution in [0.25, 0.3) is 0 Å². The molecule has 1 rings (SSSR count). The van der Waals surface area contributed by atoms with Crippen LogP contribution in [0.4, 0.5) is 0 Å². The molecule has 3 nitrogen and oxygen atoms in total. The molecule has 0 bridgehead atoms. The normalized spacial score (nSPS) is 14.2. The molecule has 0 heterocycles. The van der Waals surface area contributed by atoms with Crippen LogP contribution in [0.5, 0.6) is 0 Å². The van der Waals surface area contributed by atoms with Crippen LogP contribution in [0, 0.1) is 11.8 Å². The Balaban J connectivity index is 2.42. The first-order valence-electron chi connectivity index (χ1n) is 6.07. The summed E-state index contributed by atoms with van der Waals surface area (Å²) in [5, 5.41) is 8.76. The molecule has 1 aromatic rings. The number of aliphatic carboxylic acids is 1. The average molecular weight is 235 g/mol. The maximum atomic E-state index is 10.7. The Kier molecular flexibility index (Phi) is 5.70. The molecule has 0 aliphatic rings. The van der Waals surface area contributed by atoms with Gasteiger partial charge in [-0.1, -0.05) is 37.3 Å². The summed E-state index contributed by atoms with van der Waals surface area (Å²) >= 11 is 0. The van der Waals surface area contributed by atoms with Crippen molar-refractivity contribution < 1.29 is 9.90 Å². The van der Waals surface area contributed by atoms with Gasteiger partial charge in [-0.25, -0.2) is 0 Å². The third kappa shape index (κ3) is 5.50. The van der Waals surface area contributed by atoms with Crippen LogP contribution in [0.15, 0.2) is 30.3 Å². The molecule has 94 valence electrons. The fraction of sp³-hybridized carbons (Fsp3) is 0.500. The molecule has 0 radical (unpaired) electrons. The molecule has 0 aromatic heterocycles. The number of carboxylic acid groups (broad SMARTS) is 1. The van der Waals surface area contributed by atoms with E-state index < -0.39 is 5.97 Å². The number of hydrogen-bond donors (Lipinski definition) is 2. The highest BCUT2D eigenvalue weighted by molar-refractivity contribution is 5.67. The van der Waals surface area contributed by atoms with Gasteiger partial charge in [0.2, 0.25) is 0 Å². The van der Waals surface area contributed by atoms with Crippen LogP contribution in [-0.4, -0.2) is 17.6 Å². The second-order valence-electron chi connectivity index (χ2n) is 4.73. The van der Waals surface area contributed by atoms with Crippen molar-refractivity contribution in [1.29, 1.82) is 0 Å². The van der Waals surface area contributed by atoms with Gasteiger partial charge in [0.05, 0.1) is 0 Å². The molecule has 17 heavy (non-hydrogen) atoms. The lowest BCUT2D eigenvalue weighted by Crippen LogP contribution is -2.21. The van der Waals surface area contributed by atoms with Gasteiger partial charge >= 0.3 is 5.97 Å². The predicted molar refractivity (Wildman–Crippen MR) is 68.7 cm³/mol. The van der Waals surface area contributed by atoms with Crippen molar-refractivity contribution in [3.8, 4) is 0 Å². The van der Waals surface area contributed by atoms with Crippen molar-refractivity contribution in [2.75, 3.05) is 6.54 Å². The summed E-state index contributed by atoms with van der Waals surface area (Å²) in [6.45, 7) is 2.60. The quantitative estimate of drug-likeness (QED) is 0.762. The lowest BCUT2D eigenvalue weighted by Gasteiger charge is -2.18. The smallest absolute Gasteiger partial charge is 0.303 e. The molecule has 1 unspecified atom stereocenters. The lowest BCUT2D eigenvalue weighted by molar-refractivity contribution is -0.138. The zero-order valence-electron chi connectivity index (χ0n) is 10.3. The summed E-state index contributed by atoms with van der Waals surface area (Å²) in [6.07, 6.45) is 2.03. The van der Waals surface area contributed by atoms with Crippen LogP contribution in [0.2, 0.25) is 0 Å². The van der Waals surface area contributed by atoms with Crippen LogP contribution >= 0.6 is 0 Å². The molecule has 0 fully saturated rings. The van der Waals surface area contributed by atoms with Crippen molar-refractivity contribution in [2.45, 2.75) is 26.2 Å². The molecule has 3 N–H and O–H groups in total. The molecular weight excluding hydrogens is 214 g/mol. The summed E-state index contributed by atoms with van der Waals surface area (Å²) in [5.74, 6) is -0.205. The maximum absolute atomic E-state index is 10.7. The zero-order chi connectivity index (χ0) is 12.7. The van der Waals surface area contributed by atoms with Crippen LogP contribution in [0.3, 0.4) is 0 Å².